The highest BCUT2D eigenvalue weighted by Crippen LogP contribution is 2.26. The average Bonchev–Trinajstić information content (AvgIpc) is 2.74. The van der Waals surface area contributed by atoms with Crippen molar-refractivity contribution >= 4 is 28.9 Å². The summed E-state index contributed by atoms with van der Waals surface area (Å²) in [5, 5.41) is 25.8. The maximum atomic E-state index is 12.4. The molecule has 0 saturated carbocycles. The van der Waals surface area contributed by atoms with Gasteiger partial charge in [0.05, 0.1) is 28.3 Å². The second kappa shape index (κ2) is 10.5. The number of methoxy groups -OCH3 is 1. The van der Waals surface area contributed by atoms with Gasteiger partial charge in [0.1, 0.15) is 11.8 Å². The number of nitrogens with one attached hydrogen (secondary N) is 2. The van der Waals surface area contributed by atoms with Gasteiger partial charge in [0.15, 0.2) is 6.10 Å². The van der Waals surface area contributed by atoms with Crippen LogP contribution < -0.4 is 10.6 Å². The number of hydrogen-bond acceptors (Lipinski definition) is 8. The molecule has 0 radical (unpaired) electrons. The van der Waals surface area contributed by atoms with Gasteiger partial charge in [-0.25, -0.2) is 4.79 Å². The molecule has 10 heteroatoms. The minimum Gasteiger partial charge on any atom is -0.449 e. The summed E-state index contributed by atoms with van der Waals surface area (Å²) in [6, 6.07) is 12.2. The quantitative estimate of drug-likeness (QED) is 0.277. The van der Waals surface area contributed by atoms with Crippen LogP contribution in [-0.4, -0.2) is 43.2 Å². The molecule has 10 nitrogen and oxygen atoms in total. The average molecular weight is 412 g/mol. The highest BCUT2D eigenvalue weighted by Gasteiger charge is 2.23. The second-order valence-electron chi connectivity index (χ2n) is 6.10. The Morgan fingerprint density at radius 3 is 2.63 bits per heavy atom. The highest BCUT2D eigenvalue weighted by atomic mass is 16.6. The van der Waals surface area contributed by atoms with Crippen LogP contribution in [0, 0.1) is 21.4 Å². The van der Waals surface area contributed by atoms with E-state index in [1.54, 1.807) is 18.2 Å². The molecule has 0 saturated heterocycles. The molecule has 2 aromatic rings. The lowest BCUT2D eigenvalue weighted by Gasteiger charge is -2.14. The summed E-state index contributed by atoms with van der Waals surface area (Å²) < 4.78 is 10.0. The first-order chi connectivity index (χ1) is 14.4. The van der Waals surface area contributed by atoms with E-state index in [1.165, 1.54) is 32.2 Å². The molecular formula is C20H20N4O6. The van der Waals surface area contributed by atoms with Gasteiger partial charge in [-0.05, 0) is 31.2 Å². The van der Waals surface area contributed by atoms with Crippen LogP contribution in [0.25, 0.3) is 0 Å². The van der Waals surface area contributed by atoms with Crippen LogP contribution in [0.1, 0.15) is 22.8 Å². The van der Waals surface area contributed by atoms with E-state index in [2.05, 4.69) is 10.6 Å². The Balaban J connectivity index is 2.09. The van der Waals surface area contributed by atoms with Crippen LogP contribution in [0.3, 0.4) is 0 Å². The van der Waals surface area contributed by atoms with Gasteiger partial charge in [-0.3, -0.25) is 14.9 Å². The van der Waals surface area contributed by atoms with Gasteiger partial charge < -0.3 is 20.1 Å². The van der Waals surface area contributed by atoms with Crippen molar-refractivity contribution in [1.82, 2.24) is 0 Å². The van der Waals surface area contributed by atoms with E-state index in [1.807, 2.05) is 6.07 Å². The van der Waals surface area contributed by atoms with E-state index >= 15 is 0 Å². The molecule has 30 heavy (non-hydrogen) atoms. The Bertz CT molecular complexity index is 986. The number of anilines is 2. The fourth-order valence-corrected chi connectivity index (χ4v) is 2.45. The van der Waals surface area contributed by atoms with Crippen molar-refractivity contribution in [2.45, 2.75) is 13.0 Å². The largest absolute Gasteiger partial charge is 0.449 e. The van der Waals surface area contributed by atoms with Crippen molar-refractivity contribution in [3.63, 3.8) is 0 Å². The molecule has 0 aromatic heterocycles. The molecule has 156 valence electrons. The van der Waals surface area contributed by atoms with Crippen LogP contribution in [0.4, 0.5) is 17.1 Å². The van der Waals surface area contributed by atoms with Gasteiger partial charge in [0.25, 0.3) is 11.6 Å². The molecule has 2 N–H and O–H groups in total. The van der Waals surface area contributed by atoms with Gasteiger partial charge in [0.2, 0.25) is 0 Å². The summed E-state index contributed by atoms with van der Waals surface area (Å²) in [6.45, 7) is 2.06. The van der Waals surface area contributed by atoms with Crippen molar-refractivity contribution in [2.75, 3.05) is 30.9 Å². The molecule has 0 aliphatic rings. The minimum absolute atomic E-state index is 0.0731. The van der Waals surface area contributed by atoms with Crippen LogP contribution in [-0.2, 0) is 14.3 Å². The van der Waals surface area contributed by atoms with Crippen molar-refractivity contribution in [3.05, 3.63) is 63.7 Å². The van der Waals surface area contributed by atoms with Gasteiger partial charge in [-0.15, -0.1) is 0 Å². The maximum Gasteiger partial charge on any atom is 0.339 e. The zero-order valence-electron chi connectivity index (χ0n) is 16.4. The number of para-hydroxylation sites is 1. The molecule has 0 spiro atoms. The molecule has 2 aromatic carbocycles. The summed E-state index contributed by atoms with van der Waals surface area (Å²) in [5.74, 6) is -1.53. The zero-order valence-corrected chi connectivity index (χ0v) is 16.4. The number of esters is 1. The SMILES string of the molecule is COCCNc1ccc(C(=O)O[C@H](C)C(=O)Nc2ccccc2C#N)cc1[N+](=O)[O-]. The number of nitriles is 1. The first kappa shape index (κ1) is 22.3. The van der Waals surface area contributed by atoms with Gasteiger partial charge in [0, 0.05) is 19.7 Å². The van der Waals surface area contributed by atoms with E-state index in [-0.39, 0.29) is 28.2 Å². The van der Waals surface area contributed by atoms with E-state index in [0.29, 0.717) is 13.2 Å². The molecule has 0 bridgehead atoms. The molecule has 1 amide bonds. The maximum absolute atomic E-state index is 12.4. The van der Waals surface area contributed by atoms with E-state index in [0.717, 1.165) is 6.07 Å². The number of carbonyl (C=O) groups is 2. The molecule has 0 aliphatic heterocycles. The predicted octanol–water partition coefficient (Wildman–Crippen LogP) is 2.71. The highest BCUT2D eigenvalue weighted by molar-refractivity contribution is 5.98. The molecule has 0 heterocycles. The number of amides is 1. The summed E-state index contributed by atoms with van der Waals surface area (Å²) in [5.41, 5.74) is 0.399. The van der Waals surface area contributed by atoms with Crippen molar-refractivity contribution in [1.29, 1.82) is 5.26 Å². The van der Waals surface area contributed by atoms with E-state index < -0.39 is 22.9 Å². The number of hydrogen-bond donors (Lipinski definition) is 2. The monoisotopic (exact) mass is 412 g/mol. The summed E-state index contributed by atoms with van der Waals surface area (Å²) >= 11 is 0. The third-order valence-corrected chi connectivity index (χ3v) is 4.01. The molecule has 0 unspecified atom stereocenters. The third-order valence-electron chi connectivity index (χ3n) is 4.01. The van der Waals surface area contributed by atoms with Gasteiger partial charge >= 0.3 is 5.97 Å². The van der Waals surface area contributed by atoms with Crippen LogP contribution in [0.15, 0.2) is 42.5 Å². The lowest BCUT2D eigenvalue weighted by atomic mass is 10.1. The number of ether oxygens (including phenoxy) is 2. The minimum atomic E-state index is -1.19. The Kier molecular flexibility index (Phi) is 7.84. The summed E-state index contributed by atoms with van der Waals surface area (Å²) in [7, 11) is 1.51. The van der Waals surface area contributed by atoms with Crippen LogP contribution in [0.2, 0.25) is 0 Å². The number of benzene rings is 2. The Hall–Kier alpha value is -3.97. The van der Waals surface area contributed by atoms with Crippen molar-refractivity contribution in [2.24, 2.45) is 0 Å². The normalized spacial score (nSPS) is 11.1. The summed E-state index contributed by atoms with van der Waals surface area (Å²) in [4.78, 5) is 35.4. The topological polar surface area (TPSA) is 144 Å². The van der Waals surface area contributed by atoms with Crippen molar-refractivity contribution < 1.29 is 24.0 Å². The third kappa shape index (κ3) is 5.76. The van der Waals surface area contributed by atoms with Crippen LogP contribution >= 0.6 is 0 Å². The number of rotatable bonds is 9. The van der Waals surface area contributed by atoms with E-state index in [9.17, 15) is 19.7 Å². The lowest BCUT2D eigenvalue weighted by molar-refractivity contribution is -0.384. The van der Waals surface area contributed by atoms with E-state index in [4.69, 9.17) is 14.7 Å². The smallest absolute Gasteiger partial charge is 0.339 e. The molecule has 2 rings (SSSR count). The molecule has 1 atom stereocenters. The van der Waals surface area contributed by atoms with Crippen molar-refractivity contribution in [3.8, 4) is 6.07 Å². The molecule has 0 aliphatic carbocycles. The van der Waals surface area contributed by atoms with Gasteiger partial charge in [-0.2, -0.15) is 5.26 Å². The first-order valence-corrected chi connectivity index (χ1v) is 8.89. The first-order valence-electron chi connectivity index (χ1n) is 8.89. The zero-order chi connectivity index (χ0) is 22.1. The molecule has 0 fully saturated rings. The standard InChI is InChI=1S/C20H20N4O6/c1-13(19(25)23-16-6-4-3-5-15(16)12-21)30-20(26)14-7-8-17(22-9-10-29-2)18(11-14)24(27)28/h3-8,11,13,22H,9-10H2,1-2H3,(H,23,25)/t13-/m1/s1. The number of nitrogens with zero attached hydrogens (tertiary/aromatic N) is 2. The lowest BCUT2D eigenvalue weighted by Crippen LogP contribution is -2.30. The van der Waals surface area contributed by atoms with Gasteiger partial charge in [-0.1, -0.05) is 12.1 Å². The fourth-order valence-electron chi connectivity index (χ4n) is 2.45. The second-order valence-corrected chi connectivity index (χ2v) is 6.10. The Labute approximate surface area is 172 Å². The predicted molar refractivity (Wildman–Crippen MR) is 108 cm³/mol. The number of carbonyl (C=O) groups excluding carboxylic acids is 2. The Morgan fingerprint density at radius 2 is 1.97 bits per heavy atom. The number of nitro groups is 1. The Morgan fingerprint density at radius 1 is 1.23 bits per heavy atom. The number of nitro benzene ring substituents is 1. The summed E-state index contributed by atoms with van der Waals surface area (Å²) in [6.07, 6.45) is -1.19. The fraction of sp³-hybridized carbons (Fsp3) is 0.250. The van der Waals surface area contributed by atoms with Crippen LogP contribution in [0.5, 0.6) is 0 Å². The molecular weight excluding hydrogens is 392 g/mol.